The van der Waals surface area contributed by atoms with E-state index in [1.807, 2.05) is 12.1 Å². The fourth-order valence-corrected chi connectivity index (χ4v) is 2.36. The summed E-state index contributed by atoms with van der Waals surface area (Å²) in [6, 6.07) is 5.32. The lowest BCUT2D eigenvalue weighted by molar-refractivity contribution is -0.137. The Labute approximate surface area is 132 Å². The van der Waals surface area contributed by atoms with Crippen molar-refractivity contribution in [1.29, 1.82) is 0 Å². The zero-order valence-corrected chi connectivity index (χ0v) is 12.6. The Morgan fingerprint density at radius 2 is 2.26 bits per heavy atom. The highest BCUT2D eigenvalue weighted by atomic mass is 16.4. The number of amides is 1. The number of carbonyl (C=O) groups is 2. The van der Waals surface area contributed by atoms with Gasteiger partial charge in [0.25, 0.3) is 0 Å². The van der Waals surface area contributed by atoms with E-state index in [0.717, 1.165) is 12.2 Å². The summed E-state index contributed by atoms with van der Waals surface area (Å²) < 4.78 is 6.91. The molecule has 0 bridgehead atoms. The van der Waals surface area contributed by atoms with Gasteiger partial charge in [-0.05, 0) is 30.5 Å². The topological polar surface area (TPSA) is 97.4 Å². The Kier molecular flexibility index (Phi) is 4.01. The molecule has 1 fully saturated rings. The Morgan fingerprint density at radius 3 is 2.96 bits per heavy atom. The second-order valence-corrected chi connectivity index (χ2v) is 5.67. The SMILES string of the molecule is CC1CC1c1ccc(/C=C/C(=O)Nc2ccn(CC(=O)O)n2)o1. The first kappa shape index (κ1) is 15.1. The summed E-state index contributed by atoms with van der Waals surface area (Å²) in [6.45, 7) is 1.93. The molecule has 1 aliphatic rings. The zero-order valence-electron chi connectivity index (χ0n) is 12.6. The van der Waals surface area contributed by atoms with Gasteiger partial charge < -0.3 is 14.8 Å². The van der Waals surface area contributed by atoms with E-state index in [2.05, 4.69) is 17.3 Å². The van der Waals surface area contributed by atoms with E-state index in [1.54, 1.807) is 6.08 Å². The summed E-state index contributed by atoms with van der Waals surface area (Å²) in [5, 5.41) is 15.2. The maximum absolute atomic E-state index is 11.8. The molecule has 0 saturated heterocycles. The van der Waals surface area contributed by atoms with Crippen molar-refractivity contribution in [2.45, 2.75) is 25.8 Å². The molecule has 0 aliphatic heterocycles. The lowest BCUT2D eigenvalue weighted by Crippen LogP contribution is -2.11. The van der Waals surface area contributed by atoms with Crippen LogP contribution < -0.4 is 5.32 Å². The number of anilines is 1. The zero-order chi connectivity index (χ0) is 16.4. The van der Waals surface area contributed by atoms with Crippen LogP contribution in [0.1, 0.15) is 30.8 Å². The third-order valence-electron chi connectivity index (χ3n) is 3.71. The number of hydrogen-bond donors (Lipinski definition) is 2. The van der Waals surface area contributed by atoms with Gasteiger partial charge in [-0.2, -0.15) is 5.10 Å². The molecule has 7 nitrogen and oxygen atoms in total. The largest absolute Gasteiger partial charge is 0.480 e. The molecule has 2 N–H and O–H groups in total. The summed E-state index contributed by atoms with van der Waals surface area (Å²) in [5.74, 6) is 1.71. The molecule has 3 rings (SSSR count). The van der Waals surface area contributed by atoms with Crippen LogP contribution in [0.3, 0.4) is 0 Å². The standard InChI is InChI=1S/C16H17N3O4/c1-10-8-12(10)13-4-2-11(23-13)3-5-15(20)17-14-6-7-19(18-14)9-16(21)22/h2-7,10,12H,8-9H2,1H3,(H,21,22)(H,17,18,20)/b5-3+. The molecular formula is C16H17N3O4. The minimum atomic E-state index is -0.996. The van der Waals surface area contributed by atoms with Gasteiger partial charge in [-0.1, -0.05) is 6.92 Å². The average molecular weight is 315 g/mol. The van der Waals surface area contributed by atoms with Gasteiger partial charge in [-0.15, -0.1) is 0 Å². The normalized spacial score (nSPS) is 19.9. The highest BCUT2D eigenvalue weighted by molar-refractivity contribution is 6.01. The molecule has 1 amide bonds. The first-order valence-corrected chi connectivity index (χ1v) is 7.35. The number of nitrogens with one attached hydrogen (secondary N) is 1. The van der Waals surface area contributed by atoms with Gasteiger partial charge in [0.2, 0.25) is 5.91 Å². The molecule has 7 heteroatoms. The number of rotatable bonds is 6. The first-order chi connectivity index (χ1) is 11.0. The van der Waals surface area contributed by atoms with Crippen molar-refractivity contribution in [3.63, 3.8) is 0 Å². The average Bonchev–Trinajstić information content (AvgIpc) is 2.90. The Bertz CT molecular complexity index is 759. The van der Waals surface area contributed by atoms with Crippen LogP contribution >= 0.6 is 0 Å². The summed E-state index contributed by atoms with van der Waals surface area (Å²) in [4.78, 5) is 22.4. The molecule has 1 saturated carbocycles. The van der Waals surface area contributed by atoms with Crippen LogP contribution in [0.2, 0.25) is 0 Å². The minimum absolute atomic E-state index is 0.250. The fourth-order valence-electron chi connectivity index (χ4n) is 2.36. The number of aromatic nitrogens is 2. The van der Waals surface area contributed by atoms with E-state index in [4.69, 9.17) is 9.52 Å². The second-order valence-electron chi connectivity index (χ2n) is 5.67. The van der Waals surface area contributed by atoms with Crippen LogP contribution in [-0.2, 0) is 16.1 Å². The summed E-state index contributed by atoms with van der Waals surface area (Å²) in [7, 11) is 0. The molecule has 2 aromatic heterocycles. The quantitative estimate of drug-likeness (QED) is 0.797. The van der Waals surface area contributed by atoms with Crippen molar-refractivity contribution in [2.75, 3.05) is 5.32 Å². The summed E-state index contributed by atoms with van der Waals surface area (Å²) in [5.41, 5.74) is 0. The van der Waals surface area contributed by atoms with Crippen molar-refractivity contribution in [1.82, 2.24) is 9.78 Å². The van der Waals surface area contributed by atoms with Crippen molar-refractivity contribution in [3.8, 4) is 0 Å². The molecule has 120 valence electrons. The van der Waals surface area contributed by atoms with Gasteiger partial charge in [-0.25, -0.2) is 0 Å². The maximum atomic E-state index is 11.8. The molecule has 2 heterocycles. The molecule has 2 aromatic rings. The predicted molar refractivity (Wildman–Crippen MR) is 82.8 cm³/mol. The predicted octanol–water partition coefficient (Wildman–Crippen LogP) is 2.34. The molecule has 0 radical (unpaired) electrons. The van der Waals surface area contributed by atoms with Crippen LogP contribution in [0.25, 0.3) is 6.08 Å². The van der Waals surface area contributed by atoms with Gasteiger partial charge in [0.05, 0.1) is 0 Å². The van der Waals surface area contributed by atoms with E-state index in [1.165, 1.54) is 23.0 Å². The summed E-state index contributed by atoms with van der Waals surface area (Å²) in [6.07, 6.45) is 5.59. The minimum Gasteiger partial charge on any atom is -0.480 e. The highest BCUT2D eigenvalue weighted by Gasteiger charge is 2.36. The van der Waals surface area contributed by atoms with Crippen LogP contribution in [-0.4, -0.2) is 26.8 Å². The van der Waals surface area contributed by atoms with Gasteiger partial charge in [0.1, 0.15) is 18.1 Å². The number of carboxylic acid groups (broad SMARTS) is 1. The molecule has 1 aliphatic carbocycles. The third-order valence-corrected chi connectivity index (χ3v) is 3.71. The molecule has 2 atom stereocenters. The van der Waals surface area contributed by atoms with Gasteiger partial charge in [0.15, 0.2) is 5.82 Å². The van der Waals surface area contributed by atoms with E-state index < -0.39 is 5.97 Å². The fraction of sp³-hybridized carbons (Fsp3) is 0.312. The Morgan fingerprint density at radius 1 is 1.48 bits per heavy atom. The number of nitrogens with zero attached hydrogens (tertiary/aromatic N) is 2. The lowest BCUT2D eigenvalue weighted by Gasteiger charge is -1.97. The maximum Gasteiger partial charge on any atom is 0.325 e. The molecule has 0 aromatic carbocycles. The number of carboxylic acids is 1. The Hall–Kier alpha value is -2.83. The molecule has 23 heavy (non-hydrogen) atoms. The van der Waals surface area contributed by atoms with Gasteiger partial charge in [0, 0.05) is 24.3 Å². The number of furan rings is 1. The first-order valence-electron chi connectivity index (χ1n) is 7.35. The third kappa shape index (κ3) is 3.88. The molecule has 0 spiro atoms. The van der Waals surface area contributed by atoms with Crippen molar-refractivity contribution in [3.05, 3.63) is 42.0 Å². The Balaban J connectivity index is 1.55. The van der Waals surface area contributed by atoms with Crippen molar-refractivity contribution in [2.24, 2.45) is 5.92 Å². The van der Waals surface area contributed by atoms with Crippen molar-refractivity contribution >= 4 is 23.8 Å². The van der Waals surface area contributed by atoms with Crippen molar-refractivity contribution < 1.29 is 19.1 Å². The van der Waals surface area contributed by atoms with Crippen LogP contribution in [0, 0.1) is 5.92 Å². The second kappa shape index (κ2) is 6.12. The lowest BCUT2D eigenvalue weighted by atomic mass is 10.3. The van der Waals surface area contributed by atoms with Gasteiger partial charge in [-0.3, -0.25) is 14.3 Å². The highest BCUT2D eigenvalue weighted by Crippen LogP contribution is 2.47. The monoisotopic (exact) mass is 315 g/mol. The van der Waals surface area contributed by atoms with E-state index in [9.17, 15) is 9.59 Å². The van der Waals surface area contributed by atoms with E-state index in [0.29, 0.717) is 23.4 Å². The molecular weight excluding hydrogens is 298 g/mol. The smallest absolute Gasteiger partial charge is 0.325 e. The number of carbonyl (C=O) groups excluding carboxylic acids is 1. The van der Waals surface area contributed by atoms with Crippen LogP contribution in [0.4, 0.5) is 5.82 Å². The molecule has 2 unspecified atom stereocenters. The van der Waals surface area contributed by atoms with E-state index in [-0.39, 0.29) is 12.5 Å². The summed E-state index contributed by atoms with van der Waals surface area (Å²) >= 11 is 0. The van der Waals surface area contributed by atoms with Crippen LogP contribution in [0.5, 0.6) is 0 Å². The van der Waals surface area contributed by atoms with Crippen LogP contribution in [0.15, 0.2) is 34.9 Å². The number of hydrogen-bond acceptors (Lipinski definition) is 4. The van der Waals surface area contributed by atoms with Gasteiger partial charge >= 0.3 is 5.97 Å². The van der Waals surface area contributed by atoms with E-state index >= 15 is 0 Å². The number of aliphatic carboxylic acids is 1.